The molecule has 29 heteroatoms. The van der Waals surface area contributed by atoms with Gasteiger partial charge < -0.3 is 96.3 Å². The van der Waals surface area contributed by atoms with Crippen molar-refractivity contribution in [1.82, 2.24) is 25.2 Å². The fourth-order valence-corrected chi connectivity index (χ4v) is 9.60. The number of aliphatic hydroxyl groups excluding tert-OH is 9. The van der Waals surface area contributed by atoms with E-state index in [-0.39, 0.29) is 40.3 Å². The number of aromatic nitrogens is 3. The molecule has 2 saturated heterocycles. The molecule has 4 amide bonds. The van der Waals surface area contributed by atoms with Gasteiger partial charge in [-0.3, -0.25) is 34.1 Å². The Morgan fingerprint density at radius 3 is 2.19 bits per heavy atom. The fourth-order valence-electron chi connectivity index (χ4n) is 9.60. The van der Waals surface area contributed by atoms with Gasteiger partial charge in [-0.15, -0.1) is 0 Å². The quantitative estimate of drug-likeness (QED) is 0.0295. The predicted octanol–water partition coefficient (Wildman–Crippen LogP) is -2.18. The minimum atomic E-state index is -2.52. The standard InChI is InChI=1S/C54H68FN9O19/c1-24(57-51(78)30(25(2)67)20-36(69)43(72)46(75)48(37(70)21-65)83-53-47(76)45(74)44(73)38(22-66)82-53)35(68)17-27(18-39(56)71)50(77)58-28-9-7-26(8-10-28)23-81-54(80)62-42-40-31(55)5-4-6-33(40)61-52(79)41(42)49-59-32-12-11-29(19-34(32)60-49)64-15-13-63(3)14-16-64/h4-12,19,24-25,27,30,37-38,43-48,53,65-67,70,72-76H,13-18,20-23H2,1-3H3,(H2,56,71)(H,57,78)(H,58,77)(H,59,60)(H2,61,62,79,80)/t24?,25?,27?,30?,37-,38-,43+,44+,45+,46+,47-,48+,53+/m1/s1. The van der Waals surface area contributed by atoms with Gasteiger partial charge in [0.1, 0.15) is 72.6 Å². The minimum Gasteiger partial charge on any atom is -0.444 e. The minimum absolute atomic E-state index is 0.0624. The van der Waals surface area contributed by atoms with E-state index in [1.807, 2.05) is 12.1 Å². The molecule has 83 heavy (non-hydrogen) atoms. The Hall–Kier alpha value is -7.39. The monoisotopic (exact) mass is 1170 g/mol. The molecule has 4 heterocycles. The lowest BCUT2D eigenvalue weighted by molar-refractivity contribution is -0.326. The normalized spacial score (nSPS) is 21.5. The highest BCUT2D eigenvalue weighted by molar-refractivity contribution is 6.05. The zero-order valence-corrected chi connectivity index (χ0v) is 45.3. The van der Waals surface area contributed by atoms with Crippen LogP contribution in [0.2, 0.25) is 0 Å². The van der Waals surface area contributed by atoms with Gasteiger partial charge in [0.15, 0.2) is 17.9 Å². The molecule has 13 atom stereocenters. The number of benzene rings is 3. The number of ether oxygens (including phenoxy) is 3. The number of imidazole rings is 1. The summed E-state index contributed by atoms with van der Waals surface area (Å²) < 4.78 is 31.6. The van der Waals surface area contributed by atoms with Crippen molar-refractivity contribution in [2.75, 3.05) is 62.0 Å². The number of halogens is 1. The number of hydrogen-bond donors (Lipinski definition) is 15. The number of piperazine rings is 1. The first-order chi connectivity index (χ1) is 39.4. The van der Waals surface area contributed by atoms with Crippen LogP contribution in [0.15, 0.2) is 65.5 Å². The van der Waals surface area contributed by atoms with E-state index in [0.29, 0.717) is 16.6 Å². The van der Waals surface area contributed by atoms with E-state index >= 15 is 4.39 Å². The van der Waals surface area contributed by atoms with E-state index in [1.165, 1.54) is 49.4 Å². The lowest BCUT2D eigenvalue weighted by Gasteiger charge is -2.42. The number of primary amides is 1. The van der Waals surface area contributed by atoms with Crippen molar-refractivity contribution < 1.29 is 93.3 Å². The van der Waals surface area contributed by atoms with Crippen molar-refractivity contribution in [3.63, 3.8) is 0 Å². The molecule has 450 valence electrons. The summed E-state index contributed by atoms with van der Waals surface area (Å²) in [6, 6.07) is 14.0. The highest BCUT2D eigenvalue weighted by atomic mass is 19.1. The molecule has 16 N–H and O–H groups in total. The first-order valence-corrected chi connectivity index (χ1v) is 26.4. The lowest BCUT2D eigenvalue weighted by Crippen LogP contribution is -2.61. The molecule has 2 aliphatic rings. The highest BCUT2D eigenvalue weighted by Gasteiger charge is 2.48. The van der Waals surface area contributed by atoms with Crippen LogP contribution < -0.4 is 32.1 Å². The number of aliphatic hydroxyl groups is 9. The van der Waals surface area contributed by atoms with Gasteiger partial charge in [0.25, 0.3) is 5.56 Å². The van der Waals surface area contributed by atoms with Crippen LogP contribution in [0, 0.1) is 17.7 Å². The van der Waals surface area contributed by atoms with Crippen molar-refractivity contribution >= 4 is 74.4 Å². The Labute approximate surface area is 472 Å². The van der Waals surface area contributed by atoms with Crippen LogP contribution in [0.1, 0.15) is 38.7 Å². The van der Waals surface area contributed by atoms with E-state index in [1.54, 1.807) is 6.07 Å². The zero-order chi connectivity index (χ0) is 60.6. The lowest BCUT2D eigenvalue weighted by atomic mass is 9.90. The van der Waals surface area contributed by atoms with Crippen LogP contribution in [0.5, 0.6) is 0 Å². The number of carbonyl (C=O) groups is 6. The summed E-state index contributed by atoms with van der Waals surface area (Å²) in [6.45, 7) is 3.29. The Balaban J connectivity index is 0.946. The average Bonchev–Trinajstić information content (AvgIpc) is 4.12. The number of carbonyl (C=O) groups excluding carboxylic acids is 6. The van der Waals surface area contributed by atoms with Crippen molar-refractivity contribution in [3.05, 3.63) is 82.4 Å². The van der Waals surface area contributed by atoms with E-state index in [0.717, 1.165) is 38.8 Å². The number of nitrogens with two attached hydrogens (primary N) is 1. The second-order valence-electron chi connectivity index (χ2n) is 20.6. The summed E-state index contributed by atoms with van der Waals surface area (Å²) in [5.41, 5.74) is 7.13. The van der Waals surface area contributed by atoms with Crippen molar-refractivity contribution in [2.45, 2.75) is 107 Å². The molecule has 0 spiro atoms. The summed E-state index contributed by atoms with van der Waals surface area (Å²) in [6.07, 6.45) is -23.5. The van der Waals surface area contributed by atoms with Crippen molar-refractivity contribution in [3.8, 4) is 11.4 Å². The number of rotatable bonds is 25. The van der Waals surface area contributed by atoms with Crippen LogP contribution in [0.4, 0.5) is 26.2 Å². The molecular formula is C54H68FN9O19. The van der Waals surface area contributed by atoms with Crippen LogP contribution in [-0.2, 0) is 44.8 Å². The maximum absolute atomic E-state index is 15.6. The molecule has 2 fully saturated rings. The summed E-state index contributed by atoms with van der Waals surface area (Å²) in [5, 5.41) is 99.7. The number of hydrogen-bond acceptors (Lipinski definition) is 22. The Morgan fingerprint density at radius 2 is 1.54 bits per heavy atom. The van der Waals surface area contributed by atoms with E-state index in [9.17, 15) is 79.5 Å². The number of amides is 4. The third-order valence-electron chi connectivity index (χ3n) is 14.5. The number of Topliss-reactive ketones (excluding diaryl/α,β-unsaturated/α-hetero) is 2. The van der Waals surface area contributed by atoms with E-state index in [4.69, 9.17) is 19.9 Å². The van der Waals surface area contributed by atoms with Gasteiger partial charge in [0.2, 0.25) is 17.7 Å². The Morgan fingerprint density at radius 1 is 0.843 bits per heavy atom. The summed E-state index contributed by atoms with van der Waals surface area (Å²) in [7, 11) is 2.05. The largest absolute Gasteiger partial charge is 0.444 e. The number of likely N-dealkylation sites (N-methyl/N-ethyl adjacent to an activating group) is 1. The molecule has 7 rings (SSSR count). The summed E-state index contributed by atoms with van der Waals surface area (Å²) >= 11 is 0. The number of H-pyrrole nitrogens is 2. The molecule has 0 aliphatic carbocycles. The molecule has 0 saturated carbocycles. The molecule has 0 bridgehead atoms. The number of aromatic amines is 2. The van der Waals surface area contributed by atoms with Gasteiger partial charge in [0.05, 0.1) is 64.8 Å². The highest BCUT2D eigenvalue weighted by Crippen LogP contribution is 2.34. The molecule has 28 nitrogen and oxygen atoms in total. The first-order valence-electron chi connectivity index (χ1n) is 26.4. The van der Waals surface area contributed by atoms with Gasteiger partial charge in [-0.05, 0) is 68.9 Å². The molecule has 4 unspecified atom stereocenters. The molecule has 0 radical (unpaired) electrons. The maximum Gasteiger partial charge on any atom is 0.412 e. The topological polar surface area (TPSA) is 442 Å². The van der Waals surface area contributed by atoms with Gasteiger partial charge in [-0.2, -0.15) is 0 Å². The fraction of sp³-hybridized carbons (Fsp3) is 0.481. The number of nitrogens with zero attached hydrogens (tertiary/aromatic N) is 3. The van der Waals surface area contributed by atoms with E-state index < -0.39 is 158 Å². The average molecular weight is 1170 g/mol. The summed E-state index contributed by atoms with van der Waals surface area (Å²) in [4.78, 5) is 108. The van der Waals surface area contributed by atoms with Crippen LogP contribution >= 0.6 is 0 Å². The Bertz CT molecular complexity index is 3190. The smallest absolute Gasteiger partial charge is 0.412 e. The van der Waals surface area contributed by atoms with E-state index in [2.05, 4.69) is 47.7 Å². The van der Waals surface area contributed by atoms with Crippen LogP contribution in [0.25, 0.3) is 33.3 Å². The number of ketones is 2. The van der Waals surface area contributed by atoms with Crippen molar-refractivity contribution in [1.29, 1.82) is 0 Å². The molecule has 3 aromatic carbocycles. The maximum atomic E-state index is 15.6. The van der Waals surface area contributed by atoms with Gasteiger partial charge >= 0.3 is 6.09 Å². The van der Waals surface area contributed by atoms with Gasteiger partial charge in [-0.1, -0.05) is 18.2 Å². The third kappa shape index (κ3) is 15.2. The van der Waals surface area contributed by atoms with Gasteiger partial charge in [0, 0.05) is 56.8 Å². The van der Waals surface area contributed by atoms with Crippen molar-refractivity contribution in [2.24, 2.45) is 17.6 Å². The molecule has 2 aromatic heterocycles. The first kappa shape index (κ1) is 63.2. The number of nitrogens with one attached hydrogen (secondary N) is 5. The molecular weight excluding hydrogens is 1100 g/mol. The van der Waals surface area contributed by atoms with Crippen LogP contribution in [-0.4, -0.2) is 215 Å². The number of anilines is 3. The second-order valence-corrected chi connectivity index (χ2v) is 20.6. The predicted molar refractivity (Wildman–Crippen MR) is 291 cm³/mol. The number of fused-ring (bicyclic) bond motifs is 2. The van der Waals surface area contributed by atoms with Crippen LogP contribution in [0.3, 0.4) is 0 Å². The molecule has 5 aromatic rings. The SMILES string of the molecule is CC(NC(=O)C(CC(=O)[C@H](O)[C@H](O)[C@@H](O[C@@H]1O[C@H](CO)[C@H](O)[C@H](O)[C@H]1O)[C@H](O)CO)C(C)O)C(=O)CC(CC(N)=O)C(=O)Nc1ccc(COC(=O)Nc2c(-c3nc4ccc(N5CCN(C)CC5)cc4[nH]3)c(=O)[nH]c3cccc(F)c23)cc1. The number of pyridine rings is 1. The second kappa shape index (κ2) is 27.8. The Kier molecular flexibility index (Phi) is 21.2. The zero-order valence-electron chi connectivity index (χ0n) is 45.3. The third-order valence-corrected chi connectivity index (χ3v) is 14.5. The van der Waals surface area contributed by atoms with Gasteiger partial charge in [-0.25, -0.2) is 14.2 Å². The summed E-state index contributed by atoms with van der Waals surface area (Å²) in [5.74, 6) is -8.83. The molecule has 2 aliphatic heterocycles.